The third-order valence-corrected chi connectivity index (χ3v) is 6.03. The van der Waals surface area contributed by atoms with Crippen LogP contribution in [0.15, 0.2) is 0 Å². The monoisotopic (exact) mass is 589 g/mol. The SMILES string of the molecule is CC(=O)OC[C@H]1O[C@@H](NC(=S)NC[C@H]2CCCN2C(=O)OC(C)(C)C)[C@H](OC(C)=O)[C@@H](OC(C)=O)[C@@H]1OC(C)=O. The fourth-order valence-electron chi connectivity index (χ4n) is 4.34. The molecule has 2 heterocycles. The van der Waals surface area contributed by atoms with Crippen molar-refractivity contribution in [3.63, 3.8) is 0 Å². The molecular weight excluding hydrogens is 550 g/mol. The van der Waals surface area contributed by atoms with Gasteiger partial charge in [0.2, 0.25) is 0 Å². The van der Waals surface area contributed by atoms with Crippen LogP contribution in [0.3, 0.4) is 0 Å². The van der Waals surface area contributed by atoms with Gasteiger partial charge in [-0.15, -0.1) is 0 Å². The molecule has 0 unspecified atom stereocenters. The second-order valence-corrected chi connectivity index (χ2v) is 10.9. The number of nitrogens with one attached hydrogen (secondary N) is 2. The summed E-state index contributed by atoms with van der Waals surface area (Å²) in [6, 6.07) is -0.190. The Kier molecular flexibility index (Phi) is 11.9. The van der Waals surface area contributed by atoms with Crippen molar-refractivity contribution in [1.82, 2.24) is 15.5 Å². The van der Waals surface area contributed by atoms with Gasteiger partial charge in [0.05, 0.1) is 6.04 Å². The van der Waals surface area contributed by atoms with E-state index in [1.165, 1.54) is 6.92 Å². The Labute approximate surface area is 238 Å². The van der Waals surface area contributed by atoms with Gasteiger partial charge in [-0.1, -0.05) is 0 Å². The quantitative estimate of drug-likeness (QED) is 0.233. The van der Waals surface area contributed by atoms with Crippen LogP contribution in [0.4, 0.5) is 4.79 Å². The van der Waals surface area contributed by atoms with Crippen LogP contribution in [0, 0.1) is 0 Å². The van der Waals surface area contributed by atoms with E-state index in [1.807, 2.05) is 0 Å². The first kappa shape index (κ1) is 33.0. The number of carbonyl (C=O) groups excluding carboxylic acids is 5. The number of hydrogen-bond acceptors (Lipinski definition) is 12. The molecule has 1 amide bonds. The highest BCUT2D eigenvalue weighted by Crippen LogP contribution is 2.28. The van der Waals surface area contributed by atoms with Crippen LogP contribution in [0.25, 0.3) is 0 Å². The number of amides is 1. The maximum Gasteiger partial charge on any atom is 0.410 e. The van der Waals surface area contributed by atoms with Crippen molar-refractivity contribution in [3.05, 3.63) is 0 Å². The maximum atomic E-state index is 12.6. The van der Waals surface area contributed by atoms with E-state index in [0.717, 1.165) is 33.6 Å². The van der Waals surface area contributed by atoms with Crippen molar-refractivity contribution < 1.29 is 52.4 Å². The van der Waals surface area contributed by atoms with E-state index in [-0.39, 0.29) is 24.3 Å². The van der Waals surface area contributed by atoms with E-state index >= 15 is 0 Å². The van der Waals surface area contributed by atoms with E-state index in [0.29, 0.717) is 6.54 Å². The largest absolute Gasteiger partial charge is 0.463 e. The number of likely N-dealkylation sites (tertiary alicyclic amines) is 1. The topological polar surface area (TPSA) is 168 Å². The first-order valence-electron chi connectivity index (χ1n) is 12.9. The molecule has 0 saturated carbocycles. The molecule has 2 fully saturated rings. The van der Waals surface area contributed by atoms with Crippen LogP contribution in [-0.2, 0) is 47.6 Å². The van der Waals surface area contributed by atoms with Gasteiger partial charge in [-0.25, -0.2) is 4.79 Å². The second kappa shape index (κ2) is 14.4. The lowest BCUT2D eigenvalue weighted by molar-refractivity contribution is -0.254. The molecule has 0 aromatic rings. The molecule has 0 bridgehead atoms. The van der Waals surface area contributed by atoms with Crippen LogP contribution in [0.5, 0.6) is 0 Å². The molecule has 2 aliphatic heterocycles. The zero-order valence-electron chi connectivity index (χ0n) is 23.8. The van der Waals surface area contributed by atoms with E-state index < -0.39 is 66.2 Å². The van der Waals surface area contributed by atoms with Gasteiger partial charge in [-0.3, -0.25) is 19.2 Å². The Balaban J connectivity index is 2.21. The van der Waals surface area contributed by atoms with Crippen LogP contribution in [-0.4, -0.2) is 102 Å². The Hall–Kier alpha value is -3.20. The van der Waals surface area contributed by atoms with Gasteiger partial charge in [0.1, 0.15) is 18.3 Å². The van der Waals surface area contributed by atoms with Crippen LogP contribution in [0.1, 0.15) is 61.3 Å². The molecule has 0 aromatic carbocycles. The number of nitrogens with zero attached hydrogens (tertiary/aromatic N) is 1. The molecule has 40 heavy (non-hydrogen) atoms. The van der Waals surface area contributed by atoms with Crippen molar-refractivity contribution >= 4 is 47.3 Å². The van der Waals surface area contributed by atoms with Gasteiger partial charge in [0.25, 0.3) is 0 Å². The second-order valence-electron chi connectivity index (χ2n) is 10.4. The molecule has 2 N–H and O–H groups in total. The summed E-state index contributed by atoms with van der Waals surface area (Å²) in [5.74, 6) is -2.82. The van der Waals surface area contributed by atoms with Gasteiger partial charge in [-0.2, -0.15) is 0 Å². The van der Waals surface area contributed by atoms with Gasteiger partial charge < -0.3 is 44.0 Å². The molecule has 0 spiro atoms. The van der Waals surface area contributed by atoms with Crippen molar-refractivity contribution in [3.8, 4) is 0 Å². The summed E-state index contributed by atoms with van der Waals surface area (Å²) in [7, 11) is 0. The zero-order chi connectivity index (χ0) is 30.2. The number of rotatable bonds is 8. The Morgan fingerprint density at radius 3 is 2.02 bits per heavy atom. The minimum absolute atomic E-state index is 0.0805. The van der Waals surface area contributed by atoms with Crippen LogP contribution in [0.2, 0.25) is 0 Å². The summed E-state index contributed by atoms with van der Waals surface area (Å²) in [5.41, 5.74) is -0.635. The van der Waals surface area contributed by atoms with Crippen molar-refractivity contribution in [2.75, 3.05) is 19.7 Å². The molecule has 2 saturated heterocycles. The maximum absolute atomic E-state index is 12.6. The predicted octanol–water partition coefficient (Wildman–Crippen LogP) is 0.933. The summed E-state index contributed by atoms with van der Waals surface area (Å²) >= 11 is 5.44. The highest BCUT2D eigenvalue weighted by atomic mass is 32.1. The zero-order valence-corrected chi connectivity index (χ0v) is 24.7. The third kappa shape index (κ3) is 10.4. The average molecular weight is 590 g/mol. The molecule has 226 valence electrons. The van der Waals surface area contributed by atoms with E-state index in [4.69, 9.17) is 40.6 Å². The number of ether oxygens (including phenoxy) is 6. The summed E-state index contributed by atoms with van der Waals surface area (Å²) in [6.45, 7) is 10.5. The van der Waals surface area contributed by atoms with Gasteiger partial charge in [0.15, 0.2) is 29.7 Å². The highest BCUT2D eigenvalue weighted by molar-refractivity contribution is 7.80. The lowest BCUT2D eigenvalue weighted by Gasteiger charge is -2.44. The summed E-state index contributed by atoms with van der Waals surface area (Å²) in [6.07, 6.45) is -5.10. The van der Waals surface area contributed by atoms with Crippen molar-refractivity contribution in [2.45, 2.75) is 104 Å². The van der Waals surface area contributed by atoms with Gasteiger partial charge in [-0.05, 0) is 45.8 Å². The molecule has 15 heteroatoms. The van der Waals surface area contributed by atoms with E-state index in [2.05, 4.69) is 10.6 Å². The highest BCUT2D eigenvalue weighted by Gasteiger charge is 2.52. The van der Waals surface area contributed by atoms with Crippen LogP contribution >= 0.6 is 12.2 Å². The minimum Gasteiger partial charge on any atom is -0.463 e. The van der Waals surface area contributed by atoms with Crippen molar-refractivity contribution in [2.24, 2.45) is 0 Å². The van der Waals surface area contributed by atoms with E-state index in [1.54, 1.807) is 25.7 Å². The van der Waals surface area contributed by atoms with Gasteiger partial charge in [0, 0.05) is 40.8 Å². The lowest BCUT2D eigenvalue weighted by atomic mass is 9.97. The average Bonchev–Trinajstić information content (AvgIpc) is 3.27. The lowest BCUT2D eigenvalue weighted by Crippen LogP contribution is -2.67. The molecule has 0 radical (unpaired) electrons. The molecule has 2 rings (SSSR count). The smallest absolute Gasteiger partial charge is 0.410 e. The Morgan fingerprint density at radius 2 is 1.48 bits per heavy atom. The Bertz CT molecular complexity index is 970. The number of carbonyl (C=O) groups is 5. The molecule has 0 aliphatic carbocycles. The summed E-state index contributed by atoms with van der Waals surface area (Å²) < 4.78 is 32.7. The van der Waals surface area contributed by atoms with E-state index in [9.17, 15) is 24.0 Å². The molecule has 6 atom stereocenters. The summed E-state index contributed by atoms with van der Waals surface area (Å²) in [4.78, 5) is 61.5. The fourth-order valence-corrected chi connectivity index (χ4v) is 4.54. The first-order chi connectivity index (χ1) is 18.6. The molecular formula is C25H39N3O11S. The van der Waals surface area contributed by atoms with Gasteiger partial charge >= 0.3 is 30.0 Å². The Morgan fingerprint density at radius 1 is 0.900 bits per heavy atom. The third-order valence-electron chi connectivity index (χ3n) is 5.77. The number of hydrogen-bond donors (Lipinski definition) is 2. The minimum atomic E-state index is -1.32. The van der Waals surface area contributed by atoms with Crippen molar-refractivity contribution in [1.29, 1.82) is 0 Å². The molecule has 14 nitrogen and oxygen atoms in total. The molecule has 0 aromatic heterocycles. The van der Waals surface area contributed by atoms with Crippen LogP contribution < -0.4 is 10.6 Å². The molecule has 2 aliphatic rings. The normalized spacial score (nSPS) is 26.2. The summed E-state index contributed by atoms with van der Waals surface area (Å²) in [5, 5.41) is 6.00. The number of thiocarbonyl (C=S) groups is 1. The fraction of sp³-hybridized carbons (Fsp3) is 0.760. The first-order valence-corrected chi connectivity index (χ1v) is 13.3. The number of esters is 4. The standard InChI is InChI=1S/C25H39N3O11S/c1-13(29)34-12-18-19(35-14(2)30)20(36-15(3)31)21(37-16(4)32)22(38-18)27-23(40)26-11-17-9-8-10-28(17)24(33)39-25(5,6)7/h17-22H,8-12H2,1-7H3,(H2,26,27,40)/t17-,18-,19-,20+,21-,22-/m1/s1. The predicted molar refractivity (Wildman–Crippen MR) is 142 cm³/mol.